The third kappa shape index (κ3) is 7.19. The first-order valence-corrected chi connectivity index (χ1v) is 17.6. The molecule has 0 bridgehead atoms. The first-order chi connectivity index (χ1) is 24.8. The Balaban J connectivity index is 1.07. The number of amidine groups is 1. The number of halogens is 1. The van der Waals surface area contributed by atoms with E-state index in [-0.39, 0.29) is 17.9 Å². The van der Waals surface area contributed by atoms with Gasteiger partial charge in [0, 0.05) is 56.5 Å². The summed E-state index contributed by atoms with van der Waals surface area (Å²) >= 11 is 1.44. The number of carbonyl (C=O) groups excluding carboxylic acids is 2. The molecular weight excluding hydrogens is 670 g/mol. The van der Waals surface area contributed by atoms with E-state index < -0.39 is 12.0 Å². The van der Waals surface area contributed by atoms with Crippen LogP contribution < -0.4 is 10.1 Å². The Hall–Kier alpha value is -5.58. The number of aliphatic imine (C=N–C) groups is 1. The maximum atomic E-state index is 14.3. The minimum atomic E-state index is -0.714. The molecule has 3 aliphatic heterocycles. The number of nitrogens with zero attached hydrogens (tertiary/aromatic N) is 6. The van der Waals surface area contributed by atoms with Crippen LogP contribution in [0.15, 0.2) is 94.6 Å². The molecule has 1 N–H and O–H groups in total. The van der Waals surface area contributed by atoms with Crippen molar-refractivity contribution in [3.63, 3.8) is 0 Å². The fraction of sp³-hybridized carbons (Fsp3) is 0.289. The minimum absolute atomic E-state index is 0.00414. The van der Waals surface area contributed by atoms with Gasteiger partial charge in [0.1, 0.15) is 23.4 Å². The first-order valence-electron chi connectivity index (χ1n) is 16.7. The van der Waals surface area contributed by atoms with Gasteiger partial charge in [0.05, 0.1) is 30.4 Å². The van der Waals surface area contributed by atoms with Gasteiger partial charge in [0.25, 0.3) is 0 Å². The molecule has 0 saturated carbocycles. The second-order valence-electron chi connectivity index (χ2n) is 12.6. The Labute approximate surface area is 299 Å². The van der Waals surface area contributed by atoms with Crippen LogP contribution in [0, 0.1) is 17.1 Å². The van der Waals surface area contributed by atoms with Crippen molar-refractivity contribution in [2.45, 2.75) is 32.0 Å². The van der Waals surface area contributed by atoms with Crippen molar-refractivity contribution in [2.75, 3.05) is 39.8 Å². The van der Waals surface area contributed by atoms with Crippen LogP contribution in [0.2, 0.25) is 0 Å². The molecule has 2 atom stereocenters. The van der Waals surface area contributed by atoms with Gasteiger partial charge in [-0.15, -0.1) is 11.3 Å². The van der Waals surface area contributed by atoms with Gasteiger partial charge in [-0.1, -0.05) is 25.1 Å². The van der Waals surface area contributed by atoms with Crippen LogP contribution in [0.4, 0.5) is 9.18 Å². The molecule has 3 aliphatic rings. The average molecular weight is 706 g/mol. The molecule has 2 saturated heterocycles. The predicted octanol–water partition coefficient (Wildman–Crippen LogP) is 5.65. The molecule has 4 aromatic rings. The number of piperazine rings is 1. The number of nitriles is 1. The molecule has 11 nitrogen and oxygen atoms in total. The van der Waals surface area contributed by atoms with E-state index >= 15 is 0 Å². The summed E-state index contributed by atoms with van der Waals surface area (Å²) in [6, 6.07) is 20.5. The number of esters is 1. The molecule has 2 amide bonds. The number of methoxy groups -OCH3 is 1. The molecule has 4 heterocycles. The Morgan fingerprint density at radius 3 is 2.51 bits per heavy atom. The highest BCUT2D eigenvalue weighted by atomic mass is 32.1. The van der Waals surface area contributed by atoms with E-state index in [0.717, 1.165) is 16.7 Å². The number of aryl methyl sites for hydroxylation is 1. The number of benzene rings is 3. The van der Waals surface area contributed by atoms with Crippen LogP contribution in [0.1, 0.15) is 40.2 Å². The minimum Gasteiger partial charge on any atom is -0.466 e. The molecule has 3 aromatic carbocycles. The van der Waals surface area contributed by atoms with E-state index in [2.05, 4.69) is 21.3 Å². The van der Waals surface area contributed by atoms with Gasteiger partial charge in [-0.3, -0.25) is 9.89 Å². The second-order valence-corrected chi connectivity index (χ2v) is 13.4. The number of nitrogens with one attached hydrogen (secondary N) is 1. The van der Waals surface area contributed by atoms with Crippen LogP contribution in [0.5, 0.6) is 11.5 Å². The summed E-state index contributed by atoms with van der Waals surface area (Å²) in [7, 11) is 1.35. The predicted molar refractivity (Wildman–Crippen MR) is 190 cm³/mol. The Morgan fingerprint density at radius 2 is 1.82 bits per heavy atom. The maximum Gasteiger partial charge on any atom is 0.338 e. The quantitative estimate of drug-likeness (QED) is 0.210. The zero-order valence-electron chi connectivity index (χ0n) is 28.2. The molecular formula is C38H36FN7O4S. The van der Waals surface area contributed by atoms with Gasteiger partial charge < -0.3 is 24.6 Å². The third-order valence-corrected chi connectivity index (χ3v) is 10.1. The number of carbonyl (C=O) groups is 2. The smallest absolute Gasteiger partial charge is 0.338 e. The van der Waals surface area contributed by atoms with Gasteiger partial charge in [-0.05, 0) is 71.6 Å². The van der Waals surface area contributed by atoms with Crippen LogP contribution in [-0.4, -0.2) is 83.4 Å². The summed E-state index contributed by atoms with van der Waals surface area (Å²) in [5, 5.41) is 15.0. The maximum absolute atomic E-state index is 14.3. The molecule has 1 aromatic heterocycles. The largest absolute Gasteiger partial charge is 0.466 e. The number of thiazole rings is 1. The van der Waals surface area contributed by atoms with Gasteiger partial charge in [-0.25, -0.2) is 19.0 Å². The lowest BCUT2D eigenvalue weighted by Gasteiger charge is -2.38. The van der Waals surface area contributed by atoms with Crippen LogP contribution in [-0.2, 0) is 22.5 Å². The van der Waals surface area contributed by atoms with Crippen molar-refractivity contribution in [3.05, 3.63) is 123 Å². The summed E-state index contributed by atoms with van der Waals surface area (Å²) in [4.78, 5) is 42.4. The van der Waals surface area contributed by atoms with E-state index in [0.29, 0.717) is 84.9 Å². The summed E-state index contributed by atoms with van der Waals surface area (Å²) in [6.45, 7) is 5.16. The van der Waals surface area contributed by atoms with E-state index in [4.69, 9.17) is 19.7 Å². The lowest BCUT2D eigenvalue weighted by molar-refractivity contribution is -0.136. The molecule has 13 heteroatoms. The van der Waals surface area contributed by atoms with Gasteiger partial charge in [0.2, 0.25) is 0 Å². The van der Waals surface area contributed by atoms with Crippen molar-refractivity contribution in [2.24, 2.45) is 4.99 Å². The SMILES string of the molecule is CCc1cc(F)ccc1[C@@H]1N=C(c2nccs2)NC(CN2CCN3C(=O)N(Cc4ccc(Oc5ccc(C#N)cc5)cc4)CC3C2)=C1C(=O)OC. The number of hydrogen-bond donors (Lipinski definition) is 1. The van der Waals surface area contributed by atoms with Crippen molar-refractivity contribution in [1.82, 2.24) is 25.0 Å². The average Bonchev–Trinajstić information content (AvgIpc) is 3.80. The van der Waals surface area contributed by atoms with Crippen LogP contribution in [0.3, 0.4) is 0 Å². The highest BCUT2D eigenvalue weighted by Gasteiger charge is 2.41. The number of hydrogen-bond acceptors (Lipinski definition) is 10. The van der Waals surface area contributed by atoms with E-state index in [1.165, 1.54) is 30.6 Å². The number of urea groups is 1. The van der Waals surface area contributed by atoms with Gasteiger partial charge in [0.15, 0.2) is 10.8 Å². The summed E-state index contributed by atoms with van der Waals surface area (Å²) in [5.41, 5.74) is 4.07. The number of rotatable bonds is 10. The lowest BCUT2D eigenvalue weighted by Crippen LogP contribution is -2.53. The number of amides is 2. The van der Waals surface area contributed by atoms with Gasteiger partial charge in [-0.2, -0.15) is 5.26 Å². The highest BCUT2D eigenvalue weighted by Crippen LogP contribution is 2.36. The topological polar surface area (TPSA) is 123 Å². The molecule has 0 radical (unpaired) electrons. The third-order valence-electron chi connectivity index (χ3n) is 9.36. The zero-order valence-corrected chi connectivity index (χ0v) is 29.0. The summed E-state index contributed by atoms with van der Waals surface area (Å²) in [5.74, 6) is 0.987. The lowest BCUT2D eigenvalue weighted by atomic mass is 9.91. The summed E-state index contributed by atoms with van der Waals surface area (Å²) < 4.78 is 25.5. The first kappa shape index (κ1) is 33.9. The molecule has 7 rings (SSSR count). The molecule has 260 valence electrons. The van der Waals surface area contributed by atoms with Crippen LogP contribution >= 0.6 is 11.3 Å². The number of fused-ring (bicyclic) bond motifs is 1. The second kappa shape index (κ2) is 14.7. The fourth-order valence-corrected chi connectivity index (χ4v) is 7.44. The van der Waals surface area contributed by atoms with Crippen LogP contribution in [0.25, 0.3) is 0 Å². The standard InChI is InChI=1S/C38H36FN7O4S/c1-3-26-18-27(39)8-13-31(26)34-33(37(47)49-2)32(42-35(43-34)36-41-14-17-51-36)23-44-15-16-46-28(21-44)22-45(38(46)48)20-25-6-11-30(12-7-25)50-29-9-4-24(19-40)5-10-29/h4-14,17-18,28,34H,3,15-16,20-23H2,1-2H3,(H,42,43)/t28?,34-/m0/s1. The van der Waals surface area contributed by atoms with Crippen molar-refractivity contribution >= 4 is 29.2 Å². The van der Waals surface area contributed by atoms with E-state index in [9.17, 15) is 14.0 Å². The van der Waals surface area contributed by atoms with E-state index in [1.807, 2.05) is 46.4 Å². The molecule has 2 fully saturated rings. The molecule has 0 aliphatic carbocycles. The normalized spacial score (nSPS) is 18.9. The number of aromatic nitrogens is 1. The zero-order chi connectivity index (χ0) is 35.5. The monoisotopic (exact) mass is 705 g/mol. The van der Waals surface area contributed by atoms with Crippen molar-refractivity contribution in [3.8, 4) is 17.6 Å². The molecule has 51 heavy (non-hydrogen) atoms. The van der Waals surface area contributed by atoms with Crippen molar-refractivity contribution in [1.29, 1.82) is 5.26 Å². The number of ether oxygens (including phenoxy) is 2. The van der Waals surface area contributed by atoms with Gasteiger partial charge >= 0.3 is 12.0 Å². The Morgan fingerprint density at radius 1 is 1.06 bits per heavy atom. The Kier molecular flexibility index (Phi) is 9.78. The summed E-state index contributed by atoms with van der Waals surface area (Å²) in [6.07, 6.45) is 2.27. The Bertz CT molecular complexity index is 2030. The highest BCUT2D eigenvalue weighted by molar-refractivity contribution is 7.11. The van der Waals surface area contributed by atoms with Crippen molar-refractivity contribution < 1.29 is 23.5 Å². The fourth-order valence-electron chi connectivity index (χ4n) is 6.85. The molecule has 0 spiro atoms. The van der Waals surface area contributed by atoms with E-state index in [1.54, 1.807) is 36.5 Å². The molecule has 1 unspecified atom stereocenters.